The van der Waals surface area contributed by atoms with E-state index >= 15 is 0 Å². The van der Waals surface area contributed by atoms with Crippen LogP contribution >= 0.6 is 11.3 Å². The van der Waals surface area contributed by atoms with Crippen molar-refractivity contribution in [3.63, 3.8) is 0 Å². The van der Waals surface area contributed by atoms with Gasteiger partial charge in [-0.25, -0.2) is 0 Å². The van der Waals surface area contributed by atoms with E-state index in [0.717, 1.165) is 52.6 Å². The van der Waals surface area contributed by atoms with Crippen molar-refractivity contribution in [2.24, 2.45) is 0 Å². The number of methoxy groups -OCH3 is 1. The molecule has 4 rings (SSSR count). The van der Waals surface area contributed by atoms with Gasteiger partial charge < -0.3 is 20.1 Å². The number of fused-ring (bicyclic) bond motifs is 1. The lowest BCUT2D eigenvalue weighted by Crippen LogP contribution is -2.15. The maximum atomic E-state index is 13.2. The quantitative estimate of drug-likeness (QED) is 0.503. The van der Waals surface area contributed by atoms with Gasteiger partial charge in [0.2, 0.25) is 0 Å². The summed E-state index contributed by atoms with van der Waals surface area (Å²) >= 11 is 1.71. The highest BCUT2D eigenvalue weighted by Crippen LogP contribution is 2.39. The molecule has 3 aromatic rings. The normalized spacial score (nSPS) is 12.3. The first kappa shape index (κ1) is 20.3. The number of ether oxygens (including phenoxy) is 2. The molecule has 6 heteroatoms. The lowest BCUT2D eigenvalue weighted by Gasteiger charge is -2.11. The minimum absolute atomic E-state index is 0.0595. The van der Waals surface area contributed by atoms with Crippen LogP contribution in [0, 0.1) is 0 Å². The number of thiophene rings is 1. The Morgan fingerprint density at radius 1 is 1.03 bits per heavy atom. The Morgan fingerprint density at radius 2 is 1.77 bits per heavy atom. The average Bonchev–Trinajstić information content (AvgIpc) is 3.35. The Labute approximate surface area is 181 Å². The lowest BCUT2D eigenvalue weighted by atomic mass is 10.1. The van der Waals surface area contributed by atoms with Crippen molar-refractivity contribution in [1.82, 2.24) is 0 Å². The van der Waals surface area contributed by atoms with E-state index in [0.29, 0.717) is 13.2 Å². The Kier molecular flexibility index (Phi) is 6.23. The molecule has 0 saturated heterocycles. The summed E-state index contributed by atoms with van der Waals surface area (Å²) in [5.41, 5.74) is 3.89. The van der Waals surface area contributed by atoms with Crippen LogP contribution < -0.4 is 20.1 Å². The number of anilines is 2. The summed E-state index contributed by atoms with van der Waals surface area (Å²) in [4.78, 5) is 14.5. The van der Waals surface area contributed by atoms with Gasteiger partial charge >= 0.3 is 0 Å². The summed E-state index contributed by atoms with van der Waals surface area (Å²) in [6.45, 7) is 3.23. The molecule has 0 aliphatic heterocycles. The highest BCUT2D eigenvalue weighted by Gasteiger charge is 2.26. The fourth-order valence-electron chi connectivity index (χ4n) is 3.69. The molecule has 2 aromatic carbocycles. The summed E-state index contributed by atoms with van der Waals surface area (Å²) < 4.78 is 10.7. The Bertz CT molecular complexity index is 1010. The fraction of sp³-hybridized carbons (Fsp3) is 0.292. The summed E-state index contributed by atoms with van der Waals surface area (Å²) in [6, 6.07) is 15.5. The third-order valence-corrected chi connectivity index (χ3v) is 6.43. The molecular weight excluding hydrogens is 396 g/mol. The molecule has 0 radical (unpaired) electrons. The van der Waals surface area contributed by atoms with Gasteiger partial charge in [-0.05, 0) is 73.7 Å². The molecule has 5 nitrogen and oxygen atoms in total. The second-order valence-electron chi connectivity index (χ2n) is 7.17. The highest BCUT2D eigenvalue weighted by molar-refractivity contribution is 7.16. The topological polar surface area (TPSA) is 59.6 Å². The van der Waals surface area contributed by atoms with Crippen LogP contribution in [0.4, 0.5) is 10.7 Å². The lowest BCUT2D eigenvalue weighted by molar-refractivity contribution is 0.102. The standard InChI is InChI=1S/C24H26N2O3S/c1-3-29-19-13-9-17(10-14-19)26-23(27)22-20-5-4-6-21(20)30-24(22)25-15-16-7-11-18(28-2)12-8-16/h7-14,25H,3-6,15H2,1-2H3,(H,26,27). The predicted octanol–water partition coefficient (Wildman–Crippen LogP) is 5.51. The second-order valence-corrected chi connectivity index (χ2v) is 8.28. The van der Waals surface area contributed by atoms with Gasteiger partial charge in [-0.2, -0.15) is 0 Å². The molecule has 1 aliphatic carbocycles. The third kappa shape index (κ3) is 4.44. The van der Waals surface area contributed by atoms with E-state index in [1.54, 1.807) is 18.4 Å². The predicted molar refractivity (Wildman–Crippen MR) is 122 cm³/mol. The van der Waals surface area contributed by atoms with Gasteiger partial charge in [0.1, 0.15) is 16.5 Å². The van der Waals surface area contributed by atoms with E-state index in [9.17, 15) is 4.79 Å². The van der Waals surface area contributed by atoms with Crippen LogP contribution in [0.5, 0.6) is 11.5 Å². The molecule has 0 atom stereocenters. The highest BCUT2D eigenvalue weighted by atomic mass is 32.1. The number of rotatable bonds is 8. The van der Waals surface area contributed by atoms with Crippen LogP contribution in [0.2, 0.25) is 0 Å². The third-order valence-electron chi connectivity index (χ3n) is 5.18. The smallest absolute Gasteiger partial charge is 0.258 e. The molecule has 0 bridgehead atoms. The van der Waals surface area contributed by atoms with E-state index < -0.39 is 0 Å². The molecule has 30 heavy (non-hydrogen) atoms. The van der Waals surface area contributed by atoms with Crippen molar-refractivity contribution in [3.05, 3.63) is 70.1 Å². The number of carbonyl (C=O) groups is 1. The summed E-state index contributed by atoms with van der Waals surface area (Å²) in [7, 11) is 1.66. The molecule has 1 aromatic heterocycles. The molecule has 2 N–H and O–H groups in total. The van der Waals surface area contributed by atoms with E-state index in [2.05, 4.69) is 10.6 Å². The van der Waals surface area contributed by atoms with Crippen LogP contribution in [-0.2, 0) is 19.4 Å². The first-order valence-corrected chi connectivity index (χ1v) is 11.0. The molecule has 156 valence electrons. The van der Waals surface area contributed by atoms with Gasteiger partial charge in [0.05, 0.1) is 19.3 Å². The zero-order valence-corrected chi connectivity index (χ0v) is 18.1. The molecule has 0 saturated carbocycles. The number of amides is 1. The summed E-state index contributed by atoms with van der Waals surface area (Å²) in [6.07, 6.45) is 3.12. The number of nitrogens with one attached hydrogen (secondary N) is 2. The Balaban J connectivity index is 1.50. The van der Waals surface area contributed by atoms with Crippen LogP contribution in [0.1, 0.15) is 39.7 Å². The van der Waals surface area contributed by atoms with Gasteiger partial charge in [0.15, 0.2) is 0 Å². The van der Waals surface area contributed by atoms with Gasteiger partial charge in [-0.1, -0.05) is 12.1 Å². The van der Waals surface area contributed by atoms with Crippen LogP contribution in [0.25, 0.3) is 0 Å². The number of hydrogen-bond donors (Lipinski definition) is 2. The first-order chi connectivity index (χ1) is 14.7. The van der Waals surface area contributed by atoms with Crippen LogP contribution in [-0.4, -0.2) is 19.6 Å². The second kappa shape index (κ2) is 9.22. The minimum atomic E-state index is -0.0595. The fourth-order valence-corrected chi connectivity index (χ4v) is 4.97. The van der Waals surface area contributed by atoms with E-state index in [1.807, 2.05) is 55.5 Å². The molecule has 1 aliphatic rings. The monoisotopic (exact) mass is 422 g/mol. The molecule has 0 unspecified atom stereocenters. The zero-order valence-electron chi connectivity index (χ0n) is 17.3. The number of carbonyl (C=O) groups excluding carboxylic acids is 1. The number of aryl methyl sites for hydroxylation is 1. The van der Waals surface area contributed by atoms with Crippen molar-refractivity contribution in [1.29, 1.82) is 0 Å². The van der Waals surface area contributed by atoms with Gasteiger partial charge in [-0.3, -0.25) is 4.79 Å². The summed E-state index contributed by atoms with van der Waals surface area (Å²) in [5.74, 6) is 1.58. The molecule has 0 spiro atoms. The van der Waals surface area contributed by atoms with E-state index in [1.165, 1.54) is 10.4 Å². The van der Waals surface area contributed by atoms with Gasteiger partial charge in [-0.15, -0.1) is 11.3 Å². The van der Waals surface area contributed by atoms with Crippen molar-refractivity contribution in [3.8, 4) is 11.5 Å². The molecule has 1 amide bonds. The van der Waals surface area contributed by atoms with Crippen molar-refractivity contribution >= 4 is 27.9 Å². The first-order valence-electron chi connectivity index (χ1n) is 10.2. The number of benzene rings is 2. The number of hydrogen-bond acceptors (Lipinski definition) is 5. The Hall–Kier alpha value is -2.99. The molecule has 0 fully saturated rings. The van der Waals surface area contributed by atoms with Gasteiger partial charge in [0.25, 0.3) is 5.91 Å². The average molecular weight is 423 g/mol. The SMILES string of the molecule is CCOc1ccc(NC(=O)c2c(NCc3ccc(OC)cc3)sc3c2CCC3)cc1. The maximum Gasteiger partial charge on any atom is 0.258 e. The summed E-state index contributed by atoms with van der Waals surface area (Å²) in [5, 5.41) is 7.48. The zero-order chi connectivity index (χ0) is 20.9. The Morgan fingerprint density at radius 3 is 2.47 bits per heavy atom. The minimum Gasteiger partial charge on any atom is -0.497 e. The van der Waals surface area contributed by atoms with Crippen molar-refractivity contribution in [2.45, 2.75) is 32.7 Å². The molecular formula is C24H26N2O3S. The van der Waals surface area contributed by atoms with Crippen LogP contribution in [0.15, 0.2) is 48.5 Å². The van der Waals surface area contributed by atoms with E-state index in [4.69, 9.17) is 9.47 Å². The maximum absolute atomic E-state index is 13.2. The van der Waals surface area contributed by atoms with Crippen molar-refractivity contribution in [2.75, 3.05) is 24.4 Å². The van der Waals surface area contributed by atoms with Gasteiger partial charge in [0, 0.05) is 17.1 Å². The van der Waals surface area contributed by atoms with Crippen molar-refractivity contribution < 1.29 is 14.3 Å². The van der Waals surface area contributed by atoms with Crippen LogP contribution in [0.3, 0.4) is 0 Å². The molecule has 1 heterocycles. The largest absolute Gasteiger partial charge is 0.497 e. The van der Waals surface area contributed by atoms with E-state index in [-0.39, 0.29) is 5.91 Å².